The summed E-state index contributed by atoms with van der Waals surface area (Å²) >= 11 is 0. The molecule has 0 aromatic carbocycles. The van der Waals surface area contributed by atoms with Crippen LogP contribution in [0.3, 0.4) is 0 Å². The SMILES string of the molecule is CCCCCC(=O)OC(CC)C(C(O)CC)(C(O)CC)C(O)CC. The third-order valence-corrected chi connectivity index (χ3v) is 5.08. The maximum Gasteiger partial charge on any atom is 0.306 e. The van der Waals surface area contributed by atoms with Crippen molar-refractivity contribution in [3.8, 4) is 0 Å². The first kappa shape index (κ1) is 23.4. The predicted octanol–water partition coefficient (Wildman–Crippen LogP) is 3.19. The highest BCUT2D eigenvalue weighted by Crippen LogP contribution is 2.42. The van der Waals surface area contributed by atoms with Crippen molar-refractivity contribution >= 4 is 5.97 Å². The number of carbonyl (C=O) groups is 1. The zero-order valence-electron chi connectivity index (χ0n) is 16.1. The third kappa shape index (κ3) is 5.43. The molecule has 0 amide bonds. The Kier molecular flexibility index (Phi) is 11.5. The summed E-state index contributed by atoms with van der Waals surface area (Å²) in [7, 11) is 0. The van der Waals surface area contributed by atoms with Gasteiger partial charge in [0.1, 0.15) is 6.10 Å². The number of ether oxygens (including phenoxy) is 1. The fourth-order valence-corrected chi connectivity index (χ4v) is 3.65. The molecular formula is C19H38O5. The third-order valence-electron chi connectivity index (χ3n) is 5.08. The van der Waals surface area contributed by atoms with Gasteiger partial charge in [-0.1, -0.05) is 47.5 Å². The summed E-state index contributed by atoms with van der Waals surface area (Å²) < 4.78 is 5.66. The molecule has 24 heavy (non-hydrogen) atoms. The van der Waals surface area contributed by atoms with Crippen LogP contribution >= 0.6 is 0 Å². The van der Waals surface area contributed by atoms with E-state index in [2.05, 4.69) is 6.92 Å². The number of esters is 1. The van der Waals surface area contributed by atoms with Gasteiger partial charge in [0.05, 0.1) is 23.7 Å². The normalized spacial score (nSPS) is 19.2. The van der Waals surface area contributed by atoms with E-state index in [0.717, 1.165) is 19.3 Å². The van der Waals surface area contributed by atoms with E-state index in [4.69, 9.17) is 4.74 Å². The first-order chi connectivity index (χ1) is 11.4. The van der Waals surface area contributed by atoms with Crippen LogP contribution in [0.5, 0.6) is 0 Å². The molecule has 0 saturated heterocycles. The number of unbranched alkanes of at least 4 members (excludes halogenated alkanes) is 2. The molecule has 144 valence electrons. The number of aliphatic hydroxyl groups is 3. The molecule has 0 aliphatic rings. The summed E-state index contributed by atoms with van der Waals surface area (Å²) in [6.07, 6.45) is 1.07. The van der Waals surface area contributed by atoms with E-state index in [1.807, 2.05) is 6.92 Å². The first-order valence-electron chi connectivity index (χ1n) is 9.60. The largest absolute Gasteiger partial charge is 0.461 e. The minimum atomic E-state index is -1.26. The smallest absolute Gasteiger partial charge is 0.306 e. The Balaban J connectivity index is 5.57. The molecule has 5 nitrogen and oxygen atoms in total. The lowest BCUT2D eigenvalue weighted by molar-refractivity contribution is -0.212. The fourth-order valence-electron chi connectivity index (χ4n) is 3.65. The monoisotopic (exact) mass is 346 g/mol. The minimum absolute atomic E-state index is 0.324. The molecule has 0 heterocycles. The summed E-state index contributed by atoms with van der Waals surface area (Å²) in [5.41, 5.74) is -1.26. The molecule has 3 N–H and O–H groups in total. The van der Waals surface area contributed by atoms with Crippen LogP contribution in [0.1, 0.15) is 86.0 Å². The molecule has 0 bridgehead atoms. The van der Waals surface area contributed by atoms with Crippen LogP contribution in [0.4, 0.5) is 0 Å². The van der Waals surface area contributed by atoms with E-state index >= 15 is 0 Å². The van der Waals surface area contributed by atoms with Crippen molar-refractivity contribution in [3.63, 3.8) is 0 Å². The van der Waals surface area contributed by atoms with E-state index in [9.17, 15) is 20.1 Å². The number of aliphatic hydroxyl groups excluding tert-OH is 3. The van der Waals surface area contributed by atoms with Gasteiger partial charge in [-0.2, -0.15) is 0 Å². The van der Waals surface area contributed by atoms with Crippen molar-refractivity contribution in [2.45, 2.75) is 110 Å². The van der Waals surface area contributed by atoms with Crippen LogP contribution in [0.25, 0.3) is 0 Å². The maximum absolute atomic E-state index is 12.2. The summed E-state index contributed by atoms with van der Waals surface area (Å²) in [6, 6.07) is 0. The van der Waals surface area contributed by atoms with Crippen LogP contribution in [-0.2, 0) is 9.53 Å². The van der Waals surface area contributed by atoms with Crippen LogP contribution in [0.2, 0.25) is 0 Å². The molecule has 4 atom stereocenters. The average Bonchev–Trinajstić information content (AvgIpc) is 2.60. The highest BCUT2D eigenvalue weighted by molar-refractivity contribution is 5.69. The minimum Gasteiger partial charge on any atom is -0.461 e. The van der Waals surface area contributed by atoms with E-state index in [0.29, 0.717) is 32.1 Å². The lowest BCUT2D eigenvalue weighted by atomic mass is 9.65. The van der Waals surface area contributed by atoms with Crippen LogP contribution < -0.4 is 0 Å². The van der Waals surface area contributed by atoms with Crippen molar-refractivity contribution in [3.05, 3.63) is 0 Å². The molecule has 0 spiro atoms. The van der Waals surface area contributed by atoms with Crippen molar-refractivity contribution in [1.29, 1.82) is 0 Å². The summed E-state index contributed by atoms with van der Waals surface area (Å²) in [6.45, 7) is 9.34. The van der Waals surface area contributed by atoms with Gasteiger partial charge in [-0.25, -0.2) is 0 Å². The molecule has 0 aromatic rings. The van der Waals surface area contributed by atoms with Crippen molar-refractivity contribution in [1.82, 2.24) is 0 Å². The van der Waals surface area contributed by atoms with Gasteiger partial charge in [-0.05, 0) is 32.1 Å². The van der Waals surface area contributed by atoms with E-state index in [-0.39, 0.29) is 5.97 Å². The quantitative estimate of drug-likeness (QED) is 0.352. The molecule has 0 radical (unpaired) electrons. The molecule has 5 heteroatoms. The van der Waals surface area contributed by atoms with Gasteiger partial charge >= 0.3 is 5.97 Å². The second-order valence-electron chi connectivity index (χ2n) is 6.62. The Morgan fingerprint density at radius 3 is 1.62 bits per heavy atom. The lowest BCUT2D eigenvalue weighted by Gasteiger charge is -2.48. The lowest BCUT2D eigenvalue weighted by Crippen LogP contribution is -2.61. The predicted molar refractivity (Wildman–Crippen MR) is 95.6 cm³/mol. The van der Waals surface area contributed by atoms with E-state index < -0.39 is 29.8 Å². The second-order valence-corrected chi connectivity index (χ2v) is 6.62. The average molecular weight is 347 g/mol. The van der Waals surface area contributed by atoms with Crippen molar-refractivity contribution < 1.29 is 24.9 Å². The number of hydrogen-bond donors (Lipinski definition) is 3. The number of carbonyl (C=O) groups excluding carboxylic acids is 1. The van der Waals surface area contributed by atoms with Gasteiger partial charge in [0.2, 0.25) is 0 Å². The molecule has 0 aromatic heterocycles. The molecule has 0 fully saturated rings. The fraction of sp³-hybridized carbons (Fsp3) is 0.947. The molecule has 0 aliphatic heterocycles. The highest BCUT2D eigenvalue weighted by atomic mass is 16.5. The molecule has 0 rings (SSSR count). The summed E-state index contributed by atoms with van der Waals surface area (Å²) in [5, 5.41) is 32.1. The van der Waals surface area contributed by atoms with Crippen LogP contribution in [0, 0.1) is 5.41 Å². The second kappa shape index (κ2) is 11.8. The Bertz CT molecular complexity index is 318. The zero-order chi connectivity index (χ0) is 18.8. The Labute approximate surface area is 147 Å². The summed E-state index contributed by atoms with van der Waals surface area (Å²) in [4.78, 5) is 12.2. The van der Waals surface area contributed by atoms with Crippen molar-refractivity contribution in [2.75, 3.05) is 0 Å². The number of rotatable bonds is 13. The Morgan fingerprint density at radius 2 is 1.29 bits per heavy atom. The highest BCUT2D eigenvalue weighted by Gasteiger charge is 2.54. The maximum atomic E-state index is 12.2. The topological polar surface area (TPSA) is 87.0 Å². The van der Waals surface area contributed by atoms with E-state index in [1.165, 1.54) is 0 Å². The zero-order valence-corrected chi connectivity index (χ0v) is 16.1. The summed E-state index contributed by atoms with van der Waals surface area (Å²) in [5.74, 6) is -0.324. The standard InChI is InChI=1S/C19H38O5/c1-6-11-12-13-18(23)24-17(10-5)19(14(20)7-2,15(21)8-3)16(22)9-4/h14-17,20-22H,6-13H2,1-5H3. The van der Waals surface area contributed by atoms with E-state index in [1.54, 1.807) is 20.8 Å². The Hall–Kier alpha value is -0.650. The number of hydrogen-bond acceptors (Lipinski definition) is 5. The van der Waals surface area contributed by atoms with Crippen LogP contribution in [0.15, 0.2) is 0 Å². The molecule has 0 aliphatic carbocycles. The molecule has 0 saturated carbocycles. The van der Waals surface area contributed by atoms with Gasteiger partial charge in [-0.15, -0.1) is 0 Å². The first-order valence-corrected chi connectivity index (χ1v) is 9.60. The van der Waals surface area contributed by atoms with Gasteiger partial charge in [0.25, 0.3) is 0 Å². The van der Waals surface area contributed by atoms with Gasteiger partial charge < -0.3 is 20.1 Å². The molecular weight excluding hydrogens is 308 g/mol. The molecule has 4 unspecified atom stereocenters. The van der Waals surface area contributed by atoms with Gasteiger partial charge in [-0.3, -0.25) is 4.79 Å². The van der Waals surface area contributed by atoms with Crippen LogP contribution in [-0.4, -0.2) is 45.7 Å². The Morgan fingerprint density at radius 1 is 0.833 bits per heavy atom. The van der Waals surface area contributed by atoms with Gasteiger partial charge in [0, 0.05) is 6.42 Å². The van der Waals surface area contributed by atoms with Crippen molar-refractivity contribution in [2.24, 2.45) is 5.41 Å². The van der Waals surface area contributed by atoms with Gasteiger partial charge in [0.15, 0.2) is 0 Å².